The van der Waals surface area contributed by atoms with Crippen LogP contribution in [-0.2, 0) is 7.05 Å². The number of thiazole rings is 1. The zero-order chi connectivity index (χ0) is 13.5. The molecule has 0 atom stereocenters. The van der Waals surface area contributed by atoms with Crippen molar-refractivity contribution in [2.24, 2.45) is 7.05 Å². The third-order valence-corrected chi connectivity index (χ3v) is 3.92. The first kappa shape index (κ1) is 11.3. The highest BCUT2D eigenvalue weighted by atomic mass is 32.1. The lowest BCUT2D eigenvalue weighted by molar-refractivity contribution is 0.715. The van der Waals surface area contributed by atoms with Crippen molar-refractivity contribution in [1.29, 1.82) is 0 Å². The zero-order valence-electron chi connectivity index (χ0n) is 10.6. The summed E-state index contributed by atoms with van der Waals surface area (Å²) in [5.41, 5.74) is 3.65. The predicted octanol–water partition coefficient (Wildman–Crippen LogP) is 2.48. The molecule has 0 aliphatic rings. The molecule has 0 aromatic carbocycles. The van der Waals surface area contributed by atoms with E-state index in [1.807, 2.05) is 37.0 Å². The van der Waals surface area contributed by atoms with Crippen LogP contribution in [0.4, 0.5) is 0 Å². The Balaban J connectivity index is 1.82. The molecule has 0 radical (unpaired) electrons. The highest BCUT2D eigenvalue weighted by Gasteiger charge is 2.12. The number of rotatable bonds is 2. The summed E-state index contributed by atoms with van der Waals surface area (Å²) < 4.78 is 1.67. The first-order valence-electron chi connectivity index (χ1n) is 6.06. The van der Waals surface area contributed by atoms with Crippen LogP contribution < -0.4 is 0 Å². The van der Waals surface area contributed by atoms with Crippen molar-refractivity contribution in [1.82, 2.24) is 29.9 Å². The summed E-state index contributed by atoms with van der Waals surface area (Å²) in [7, 11) is 1.84. The first-order chi connectivity index (χ1) is 9.81. The minimum absolute atomic E-state index is 0.793. The standard InChI is InChI=1S/C13H10N6S/c1-19-6-10(17-18-19)13-16-11(7-20-13)9-5-15-12-8(9)3-2-4-14-12/h2-7H,1H3,(H,14,15). The molecule has 0 fully saturated rings. The molecule has 4 aromatic heterocycles. The summed E-state index contributed by atoms with van der Waals surface area (Å²) in [6.07, 6.45) is 5.57. The van der Waals surface area contributed by atoms with Crippen LogP contribution in [0, 0.1) is 0 Å². The molecule has 6 nitrogen and oxygen atoms in total. The predicted molar refractivity (Wildman–Crippen MR) is 77.2 cm³/mol. The number of aromatic nitrogens is 6. The van der Waals surface area contributed by atoms with Crippen molar-refractivity contribution in [3.05, 3.63) is 36.1 Å². The average Bonchev–Trinajstić information content (AvgIpc) is 3.15. The molecule has 4 rings (SSSR count). The largest absolute Gasteiger partial charge is 0.345 e. The summed E-state index contributed by atoms with van der Waals surface area (Å²) in [5, 5.41) is 12.0. The van der Waals surface area contributed by atoms with Crippen molar-refractivity contribution < 1.29 is 0 Å². The minimum Gasteiger partial charge on any atom is -0.345 e. The number of nitrogens with one attached hydrogen (secondary N) is 1. The van der Waals surface area contributed by atoms with Crippen LogP contribution in [0.5, 0.6) is 0 Å². The first-order valence-corrected chi connectivity index (χ1v) is 6.94. The summed E-state index contributed by atoms with van der Waals surface area (Å²) in [5.74, 6) is 0. The highest BCUT2D eigenvalue weighted by Crippen LogP contribution is 2.31. The van der Waals surface area contributed by atoms with Gasteiger partial charge in [-0.3, -0.25) is 4.68 Å². The fourth-order valence-electron chi connectivity index (χ4n) is 2.13. The maximum absolute atomic E-state index is 4.64. The number of hydrogen-bond donors (Lipinski definition) is 1. The molecule has 4 heterocycles. The number of pyridine rings is 1. The highest BCUT2D eigenvalue weighted by molar-refractivity contribution is 7.13. The Kier molecular flexibility index (Phi) is 2.40. The van der Waals surface area contributed by atoms with E-state index in [0.29, 0.717) is 0 Å². The maximum Gasteiger partial charge on any atom is 0.146 e. The van der Waals surface area contributed by atoms with Gasteiger partial charge in [-0.1, -0.05) is 5.21 Å². The van der Waals surface area contributed by atoms with Gasteiger partial charge in [-0.25, -0.2) is 9.97 Å². The van der Waals surface area contributed by atoms with Crippen molar-refractivity contribution in [2.45, 2.75) is 0 Å². The third kappa shape index (κ3) is 1.71. The molecule has 1 N–H and O–H groups in total. The summed E-state index contributed by atoms with van der Waals surface area (Å²) >= 11 is 1.56. The lowest BCUT2D eigenvalue weighted by Crippen LogP contribution is -1.85. The van der Waals surface area contributed by atoms with E-state index >= 15 is 0 Å². The van der Waals surface area contributed by atoms with Crippen LogP contribution in [-0.4, -0.2) is 29.9 Å². The molecule has 98 valence electrons. The molecule has 0 saturated heterocycles. The summed E-state index contributed by atoms with van der Waals surface area (Å²) in [4.78, 5) is 12.1. The Morgan fingerprint density at radius 2 is 2.25 bits per heavy atom. The SMILES string of the molecule is Cn1cc(-c2nc(-c3c[nH]c4ncccc34)cs2)nn1. The van der Waals surface area contributed by atoms with Crippen molar-refractivity contribution in [3.8, 4) is 22.0 Å². The zero-order valence-corrected chi connectivity index (χ0v) is 11.4. The Morgan fingerprint density at radius 3 is 3.10 bits per heavy atom. The molecule has 0 saturated carbocycles. The number of aromatic amines is 1. The molecule has 20 heavy (non-hydrogen) atoms. The topological polar surface area (TPSA) is 72.3 Å². The van der Waals surface area contributed by atoms with E-state index in [1.165, 1.54) is 0 Å². The molecular weight excluding hydrogens is 272 g/mol. The van der Waals surface area contributed by atoms with Gasteiger partial charge in [0.1, 0.15) is 16.3 Å². The molecule has 0 bridgehead atoms. The van der Waals surface area contributed by atoms with Crippen molar-refractivity contribution >= 4 is 22.4 Å². The quantitative estimate of drug-likeness (QED) is 0.613. The van der Waals surface area contributed by atoms with Gasteiger partial charge in [-0.15, -0.1) is 16.4 Å². The van der Waals surface area contributed by atoms with Crippen LogP contribution in [0.25, 0.3) is 33.0 Å². The molecule has 0 unspecified atom stereocenters. The minimum atomic E-state index is 0.793. The van der Waals surface area contributed by atoms with E-state index in [1.54, 1.807) is 22.2 Å². The van der Waals surface area contributed by atoms with E-state index in [0.717, 1.165) is 33.0 Å². The van der Waals surface area contributed by atoms with Crippen LogP contribution in [0.1, 0.15) is 0 Å². The van der Waals surface area contributed by atoms with Gasteiger partial charge in [0.2, 0.25) is 0 Å². The second kappa shape index (κ2) is 4.24. The van der Waals surface area contributed by atoms with Gasteiger partial charge in [0, 0.05) is 35.8 Å². The molecular formula is C13H10N6S. The number of fused-ring (bicyclic) bond motifs is 1. The van der Waals surface area contributed by atoms with Crippen molar-refractivity contribution in [3.63, 3.8) is 0 Å². The number of H-pyrrole nitrogens is 1. The van der Waals surface area contributed by atoms with Gasteiger partial charge in [0.15, 0.2) is 0 Å². The Morgan fingerprint density at radius 1 is 1.30 bits per heavy atom. The van der Waals surface area contributed by atoms with Gasteiger partial charge in [0.25, 0.3) is 0 Å². The number of aryl methyl sites for hydroxylation is 1. The fraction of sp³-hybridized carbons (Fsp3) is 0.0769. The van der Waals surface area contributed by atoms with E-state index in [4.69, 9.17) is 0 Å². The second-order valence-corrected chi connectivity index (χ2v) is 5.28. The van der Waals surface area contributed by atoms with Gasteiger partial charge in [-0.2, -0.15) is 0 Å². The van der Waals surface area contributed by atoms with Crippen LogP contribution >= 0.6 is 11.3 Å². The van der Waals surface area contributed by atoms with E-state index in [-0.39, 0.29) is 0 Å². The Labute approximate surface area is 118 Å². The number of hydrogen-bond acceptors (Lipinski definition) is 5. The van der Waals surface area contributed by atoms with Crippen LogP contribution in [0.3, 0.4) is 0 Å². The van der Waals surface area contributed by atoms with E-state index < -0.39 is 0 Å². The van der Waals surface area contributed by atoms with Gasteiger partial charge >= 0.3 is 0 Å². The lowest BCUT2D eigenvalue weighted by Gasteiger charge is -1.92. The third-order valence-electron chi connectivity index (χ3n) is 3.05. The fourth-order valence-corrected chi connectivity index (χ4v) is 2.90. The van der Waals surface area contributed by atoms with E-state index in [9.17, 15) is 0 Å². The smallest absolute Gasteiger partial charge is 0.146 e. The summed E-state index contributed by atoms with van der Waals surface area (Å²) in [6.45, 7) is 0. The average molecular weight is 282 g/mol. The van der Waals surface area contributed by atoms with Gasteiger partial charge in [0.05, 0.1) is 11.9 Å². The molecule has 0 amide bonds. The Hall–Kier alpha value is -2.54. The number of nitrogens with zero attached hydrogens (tertiary/aromatic N) is 5. The van der Waals surface area contributed by atoms with Crippen LogP contribution in [0.15, 0.2) is 36.1 Å². The Bertz CT molecular complexity index is 887. The molecule has 7 heteroatoms. The monoisotopic (exact) mass is 282 g/mol. The molecule has 4 aromatic rings. The normalized spacial score (nSPS) is 11.2. The molecule has 0 spiro atoms. The summed E-state index contributed by atoms with van der Waals surface area (Å²) in [6, 6.07) is 3.96. The van der Waals surface area contributed by atoms with Crippen molar-refractivity contribution in [2.75, 3.05) is 0 Å². The van der Waals surface area contributed by atoms with Crippen LogP contribution in [0.2, 0.25) is 0 Å². The maximum atomic E-state index is 4.64. The molecule has 0 aliphatic heterocycles. The second-order valence-electron chi connectivity index (χ2n) is 4.42. The van der Waals surface area contributed by atoms with E-state index in [2.05, 4.69) is 25.3 Å². The lowest BCUT2D eigenvalue weighted by atomic mass is 10.2. The molecule has 0 aliphatic carbocycles. The van der Waals surface area contributed by atoms with Gasteiger partial charge in [-0.05, 0) is 12.1 Å². The van der Waals surface area contributed by atoms with Gasteiger partial charge < -0.3 is 4.98 Å².